The molecule has 1 atom stereocenters. The van der Waals surface area contributed by atoms with E-state index in [1.54, 1.807) is 12.1 Å². The number of likely N-dealkylation sites (tertiary alicyclic amines) is 1. The molecule has 114 valence electrons. The van der Waals surface area contributed by atoms with Crippen LogP contribution < -0.4 is 5.32 Å². The second kappa shape index (κ2) is 5.64. The first-order valence-electron chi connectivity index (χ1n) is 7.48. The van der Waals surface area contributed by atoms with Crippen LogP contribution in [0, 0.1) is 0 Å². The summed E-state index contributed by atoms with van der Waals surface area (Å²) < 4.78 is 5.33. The Morgan fingerprint density at radius 3 is 2.68 bits per heavy atom. The first-order chi connectivity index (χ1) is 10.8. The maximum Gasteiger partial charge on any atom is 0.125 e. The minimum absolute atomic E-state index is 0.228. The lowest BCUT2D eigenvalue weighted by Crippen LogP contribution is -2.55. The number of benzene rings is 1. The summed E-state index contributed by atoms with van der Waals surface area (Å²) in [6.07, 6.45) is 0.338. The van der Waals surface area contributed by atoms with Crippen LogP contribution in [0.4, 0.5) is 0 Å². The first kappa shape index (κ1) is 13.6. The van der Waals surface area contributed by atoms with Gasteiger partial charge in [-0.1, -0.05) is 12.1 Å². The van der Waals surface area contributed by atoms with E-state index in [2.05, 4.69) is 20.4 Å². The van der Waals surface area contributed by atoms with Gasteiger partial charge in [-0.05, 0) is 24.3 Å². The largest absolute Gasteiger partial charge is 0.507 e. The smallest absolute Gasteiger partial charge is 0.125 e. The van der Waals surface area contributed by atoms with E-state index in [1.807, 2.05) is 24.3 Å². The molecule has 6 nitrogen and oxygen atoms in total. The first-order valence-corrected chi connectivity index (χ1v) is 7.48. The molecule has 2 saturated heterocycles. The predicted molar refractivity (Wildman–Crippen MR) is 81.2 cm³/mol. The molecule has 22 heavy (non-hydrogen) atoms. The number of phenols is 1. The third kappa shape index (κ3) is 2.45. The number of para-hydroxylation sites is 1. The summed E-state index contributed by atoms with van der Waals surface area (Å²) in [4.78, 5) is 2.36. The highest BCUT2D eigenvalue weighted by Crippen LogP contribution is 2.30. The van der Waals surface area contributed by atoms with Crippen LogP contribution >= 0.6 is 0 Å². The Morgan fingerprint density at radius 2 is 2.00 bits per heavy atom. The van der Waals surface area contributed by atoms with E-state index < -0.39 is 0 Å². The van der Waals surface area contributed by atoms with E-state index in [0.29, 0.717) is 30.1 Å². The van der Waals surface area contributed by atoms with Gasteiger partial charge in [0.2, 0.25) is 0 Å². The van der Waals surface area contributed by atoms with Gasteiger partial charge < -0.3 is 9.84 Å². The quantitative estimate of drug-likeness (QED) is 0.886. The minimum atomic E-state index is 0.228. The zero-order chi connectivity index (χ0) is 14.9. The highest BCUT2D eigenvalue weighted by Gasteiger charge is 2.35. The average Bonchev–Trinajstić information content (AvgIpc) is 3.01. The number of nitrogens with zero attached hydrogens (tertiary/aromatic N) is 3. The zero-order valence-electron chi connectivity index (χ0n) is 12.1. The van der Waals surface area contributed by atoms with Gasteiger partial charge in [-0.2, -0.15) is 10.2 Å². The van der Waals surface area contributed by atoms with E-state index in [0.717, 1.165) is 25.4 Å². The summed E-state index contributed by atoms with van der Waals surface area (Å²) in [5, 5.41) is 21.8. The molecular weight excluding hydrogens is 280 g/mol. The van der Waals surface area contributed by atoms with Crippen LogP contribution in [0.15, 0.2) is 36.4 Å². The number of rotatable bonds is 3. The van der Waals surface area contributed by atoms with E-state index in [1.165, 1.54) is 0 Å². The van der Waals surface area contributed by atoms with E-state index in [9.17, 15) is 5.11 Å². The third-order valence-electron chi connectivity index (χ3n) is 4.33. The Morgan fingerprint density at radius 1 is 1.14 bits per heavy atom. The molecule has 4 rings (SSSR count). The molecule has 1 aromatic carbocycles. The number of hydrogen-bond donors (Lipinski definition) is 2. The number of ether oxygens (including phenoxy) is 1. The van der Waals surface area contributed by atoms with Crippen molar-refractivity contribution in [3.8, 4) is 17.0 Å². The van der Waals surface area contributed by atoms with Gasteiger partial charge in [-0.15, -0.1) is 0 Å². The lowest BCUT2D eigenvalue weighted by Gasteiger charge is -2.41. The van der Waals surface area contributed by atoms with Crippen molar-refractivity contribution in [2.45, 2.75) is 12.1 Å². The van der Waals surface area contributed by atoms with Gasteiger partial charge in [-0.25, -0.2) is 0 Å². The highest BCUT2D eigenvalue weighted by atomic mass is 16.5. The maximum absolute atomic E-state index is 9.86. The molecule has 2 aromatic rings. The van der Waals surface area contributed by atoms with Crippen LogP contribution in [0.1, 0.15) is 11.6 Å². The molecule has 0 radical (unpaired) electrons. The molecule has 0 spiro atoms. The van der Waals surface area contributed by atoms with Crippen molar-refractivity contribution in [3.63, 3.8) is 0 Å². The second-order valence-electron chi connectivity index (χ2n) is 5.75. The molecule has 0 aliphatic carbocycles. The third-order valence-corrected chi connectivity index (χ3v) is 4.33. The lowest BCUT2D eigenvalue weighted by molar-refractivity contribution is 0.0704. The zero-order valence-corrected chi connectivity index (χ0v) is 12.1. The standard InChI is InChI=1S/C16H18N4O2/c21-15-4-2-1-3-12(15)14-6-5-13(18-19-14)11-7-20(8-11)16-9-22-10-17-16/h1-6,11,16-17,21H,7-10H2. The molecule has 2 N–H and O–H groups in total. The Kier molecular flexibility index (Phi) is 3.49. The molecule has 0 bridgehead atoms. The average molecular weight is 298 g/mol. The molecule has 6 heteroatoms. The lowest BCUT2D eigenvalue weighted by atomic mass is 9.95. The van der Waals surface area contributed by atoms with Crippen molar-refractivity contribution in [2.24, 2.45) is 0 Å². The van der Waals surface area contributed by atoms with Crippen molar-refractivity contribution in [1.29, 1.82) is 0 Å². The van der Waals surface area contributed by atoms with Crippen LogP contribution in [0.2, 0.25) is 0 Å². The Hall–Kier alpha value is -2.02. The topological polar surface area (TPSA) is 70.5 Å². The Balaban J connectivity index is 1.44. The molecule has 3 heterocycles. The molecule has 1 unspecified atom stereocenters. The van der Waals surface area contributed by atoms with Crippen LogP contribution in [0.5, 0.6) is 5.75 Å². The molecule has 2 aliphatic heterocycles. The SMILES string of the molecule is Oc1ccccc1-c1ccc(C2CN(C3COCN3)C2)nn1. The maximum atomic E-state index is 9.86. The minimum Gasteiger partial charge on any atom is -0.507 e. The van der Waals surface area contributed by atoms with Crippen molar-refractivity contribution in [3.05, 3.63) is 42.1 Å². The fourth-order valence-corrected chi connectivity index (χ4v) is 2.97. The summed E-state index contributed by atoms with van der Waals surface area (Å²) in [5.41, 5.74) is 2.42. The molecule has 1 aromatic heterocycles. The molecular formula is C16H18N4O2. The summed E-state index contributed by atoms with van der Waals surface area (Å²) in [6, 6.07) is 11.1. The van der Waals surface area contributed by atoms with E-state index in [-0.39, 0.29) is 5.75 Å². The van der Waals surface area contributed by atoms with Crippen LogP contribution in [0.3, 0.4) is 0 Å². The fourth-order valence-electron chi connectivity index (χ4n) is 2.97. The van der Waals surface area contributed by atoms with Gasteiger partial charge in [0.25, 0.3) is 0 Å². The van der Waals surface area contributed by atoms with E-state index >= 15 is 0 Å². The van der Waals surface area contributed by atoms with Crippen molar-refractivity contribution in [2.75, 3.05) is 26.4 Å². The summed E-state index contributed by atoms with van der Waals surface area (Å²) in [6.45, 7) is 3.35. The summed E-state index contributed by atoms with van der Waals surface area (Å²) in [7, 11) is 0. The van der Waals surface area contributed by atoms with Gasteiger partial charge in [0.1, 0.15) is 5.75 Å². The fraction of sp³-hybridized carbons (Fsp3) is 0.375. The number of aromatic nitrogens is 2. The van der Waals surface area contributed by atoms with E-state index in [4.69, 9.17) is 4.74 Å². The molecule has 2 aliphatic rings. The second-order valence-corrected chi connectivity index (χ2v) is 5.75. The van der Waals surface area contributed by atoms with Crippen molar-refractivity contribution >= 4 is 0 Å². The molecule has 0 saturated carbocycles. The Bertz CT molecular complexity index is 649. The van der Waals surface area contributed by atoms with Crippen molar-refractivity contribution in [1.82, 2.24) is 20.4 Å². The molecule has 2 fully saturated rings. The highest BCUT2D eigenvalue weighted by molar-refractivity contribution is 5.65. The number of nitrogens with one attached hydrogen (secondary N) is 1. The number of phenolic OH excluding ortho intramolecular Hbond substituents is 1. The molecule has 0 amide bonds. The Labute approximate surface area is 128 Å². The monoisotopic (exact) mass is 298 g/mol. The van der Waals surface area contributed by atoms with Gasteiger partial charge in [0.05, 0.1) is 30.9 Å². The van der Waals surface area contributed by atoms with Gasteiger partial charge in [0, 0.05) is 24.6 Å². The number of aromatic hydroxyl groups is 1. The summed E-state index contributed by atoms with van der Waals surface area (Å²) >= 11 is 0. The van der Waals surface area contributed by atoms with Gasteiger partial charge in [-0.3, -0.25) is 10.2 Å². The van der Waals surface area contributed by atoms with Crippen LogP contribution in [-0.2, 0) is 4.74 Å². The van der Waals surface area contributed by atoms with Gasteiger partial charge in [0.15, 0.2) is 0 Å². The normalized spacial score (nSPS) is 22.6. The van der Waals surface area contributed by atoms with Gasteiger partial charge >= 0.3 is 0 Å². The van der Waals surface area contributed by atoms with Crippen molar-refractivity contribution < 1.29 is 9.84 Å². The van der Waals surface area contributed by atoms with Crippen LogP contribution in [-0.4, -0.2) is 52.8 Å². The predicted octanol–water partition coefficient (Wildman–Crippen LogP) is 1.15. The summed E-state index contributed by atoms with van der Waals surface area (Å²) in [5.74, 6) is 0.653. The number of hydrogen-bond acceptors (Lipinski definition) is 6. The van der Waals surface area contributed by atoms with Crippen LogP contribution in [0.25, 0.3) is 11.3 Å².